The van der Waals surface area contributed by atoms with Crippen LogP contribution < -0.4 is 4.74 Å². The average molecular weight is 793 g/mol. The third kappa shape index (κ3) is 7.12. The molecule has 6 heteroatoms. The van der Waals surface area contributed by atoms with E-state index in [1.54, 1.807) is 0 Å². The summed E-state index contributed by atoms with van der Waals surface area (Å²) < 4.78 is 11.0. The number of aryl methyl sites for hydroxylation is 4. The van der Waals surface area contributed by atoms with Crippen molar-refractivity contribution in [2.24, 2.45) is 0 Å². The van der Waals surface area contributed by atoms with Crippen LogP contribution in [0.25, 0.3) is 44.4 Å². The van der Waals surface area contributed by atoms with Crippen LogP contribution in [0.15, 0.2) is 79.0 Å². The summed E-state index contributed by atoms with van der Waals surface area (Å²) in [6.07, 6.45) is 1.90. The van der Waals surface area contributed by atoms with E-state index in [0.29, 0.717) is 11.5 Å². The third-order valence-electron chi connectivity index (χ3n) is 10.1. The molecule has 0 fully saturated rings. The summed E-state index contributed by atoms with van der Waals surface area (Å²) in [5, 5.41) is 7.47. The predicted molar refractivity (Wildman–Crippen MR) is 216 cm³/mol. The summed E-state index contributed by atoms with van der Waals surface area (Å²) in [5.41, 5.74) is 13.4. The van der Waals surface area contributed by atoms with E-state index in [1.807, 2.05) is 12.3 Å². The number of nitrogens with zero attached hydrogens (tertiary/aromatic N) is 4. The second kappa shape index (κ2) is 14.1. The van der Waals surface area contributed by atoms with Gasteiger partial charge >= 0.3 is 20.4 Å². The first-order valence-corrected chi connectivity index (χ1v) is 18.4. The maximum Gasteiger partial charge on any atom is 2.00 e. The molecule has 5 nitrogen and oxygen atoms in total. The molecule has 0 atom stereocenters. The first-order chi connectivity index (χ1) is 24.5. The third-order valence-corrected chi connectivity index (χ3v) is 10.1. The van der Waals surface area contributed by atoms with Crippen molar-refractivity contribution in [1.29, 1.82) is 0 Å². The summed E-state index contributed by atoms with van der Waals surface area (Å²) in [7, 11) is 0. The normalized spacial score (nSPS) is 12.2. The van der Waals surface area contributed by atoms with Crippen molar-refractivity contribution < 1.29 is 25.2 Å². The Morgan fingerprint density at radius 3 is 2.08 bits per heavy atom. The molecule has 274 valence electrons. The zero-order chi connectivity index (χ0) is 37.3. The first-order valence-electron chi connectivity index (χ1n) is 18.4. The molecule has 0 bridgehead atoms. The molecule has 0 unspecified atom stereocenters. The minimum Gasteiger partial charge on any atom is -0.509 e. The van der Waals surface area contributed by atoms with Crippen LogP contribution in [0.4, 0.5) is 0 Å². The van der Waals surface area contributed by atoms with Crippen LogP contribution in [0, 0.1) is 39.8 Å². The van der Waals surface area contributed by atoms with E-state index < -0.39 is 0 Å². The summed E-state index contributed by atoms with van der Waals surface area (Å²) in [4.78, 5) is 4.85. The molecule has 0 aliphatic heterocycles. The minimum absolute atomic E-state index is 0. The molecule has 0 radical (unpaired) electrons. The standard InChI is InChI=1S/C47H50N4O.Pd/c1-28(2)33-23-35(51-45(47(10,11)12)44(32(6)49-51)43-30(4)21-29(3)22-31(43)5)26-37(24-33)52-36-17-18-39-38-15-13-14-16-40(38)50(41(39)27-36)42-25-34(19-20-48-42)46(7,8)9;/h13-25,28H,1-12H3;/q-2;+2. The van der Waals surface area contributed by atoms with Crippen LogP contribution in [-0.2, 0) is 31.3 Å². The Morgan fingerprint density at radius 1 is 0.717 bits per heavy atom. The second-order valence-corrected chi connectivity index (χ2v) is 16.8. The van der Waals surface area contributed by atoms with E-state index in [9.17, 15) is 0 Å². The van der Waals surface area contributed by atoms with Crippen molar-refractivity contribution in [3.63, 3.8) is 0 Å². The fourth-order valence-corrected chi connectivity index (χ4v) is 7.62. The van der Waals surface area contributed by atoms with E-state index in [1.165, 1.54) is 33.4 Å². The predicted octanol–water partition coefficient (Wildman–Crippen LogP) is 12.4. The zero-order valence-corrected chi connectivity index (χ0v) is 34.7. The van der Waals surface area contributed by atoms with E-state index >= 15 is 0 Å². The molecule has 4 aromatic carbocycles. The Morgan fingerprint density at radius 2 is 1.42 bits per heavy atom. The maximum atomic E-state index is 6.72. The Balaban J connectivity index is 0.00000481. The maximum absolute atomic E-state index is 6.72. The monoisotopic (exact) mass is 792 g/mol. The summed E-state index contributed by atoms with van der Waals surface area (Å²) in [6.45, 7) is 26.6. The van der Waals surface area contributed by atoms with Crippen molar-refractivity contribution in [1.82, 2.24) is 19.3 Å². The van der Waals surface area contributed by atoms with Gasteiger partial charge in [-0.25, -0.2) is 4.98 Å². The quantitative estimate of drug-likeness (QED) is 0.124. The molecule has 0 aliphatic rings. The van der Waals surface area contributed by atoms with Gasteiger partial charge < -0.3 is 9.30 Å². The number of hydrogen-bond acceptors (Lipinski definition) is 3. The molecule has 7 rings (SSSR count). The molecular formula is C47H50N4OPd. The Bertz CT molecular complexity index is 2460. The van der Waals surface area contributed by atoms with Crippen molar-refractivity contribution >= 4 is 21.8 Å². The second-order valence-electron chi connectivity index (χ2n) is 16.8. The van der Waals surface area contributed by atoms with Gasteiger partial charge in [-0.2, -0.15) is 11.2 Å². The smallest absolute Gasteiger partial charge is 0.509 e. The van der Waals surface area contributed by atoms with E-state index in [2.05, 4.69) is 171 Å². The topological polar surface area (TPSA) is 44.9 Å². The average Bonchev–Trinajstić information content (AvgIpc) is 3.58. The van der Waals surface area contributed by atoms with Gasteiger partial charge in [-0.15, -0.1) is 41.3 Å². The molecule has 0 saturated carbocycles. The van der Waals surface area contributed by atoms with Crippen molar-refractivity contribution in [2.45, 2.75) is 99.8 Å². The molecule has 3 heterocycles. The largest absolute Gasteiger partial charge is 2.00 e. The first kappa shape index (κ1) is 38.2. The molecule has 0 aliphatic carbocycles. The van der Waals surface area contributed by atoms with Gasteiger partial charge in [0.1, 0.15) is 5.82 Å². The Kier molecular flexibility index (Phi) is 10.1. The fourth-order valence-electron chi connectivity index (χ4n) is 7.62. The molecule has 0 N–H and O–H groups in total. The number of hydrogen-bond donors (Lipinski definition) is 0. The van der Waals surface area contributed by atoms with Crippen molar-refractivity contribution in [3.8, 4) is 34.1 Å². The number of para-hydroxylation sites is 1. The Hall–Kier alpha value is -4.50. The van der Waals surface area contributed by atoms with Crippen LogP contribution in [0.1, 0.15) is 101 Å². The van der Waals surface area contributed by atoms with Crippen LogP contribution in [0.2, 0.25) is 0 Å². The molecule has 0 amide bonds. The van der Waals surface area contributed by atoms with Crippen molar-refractivity contribution in [2.75, 3.05) is 0 Å². The van der Waals surface area contributed by atoms with Gasteiger partial charge in [0, 0.05) is 34.2 Å². The van der Waals surface area contributed by atoms with Gasteiger partial charge in [0.25, 0.3) is 0 Å². The minimum atomic E-state index is -0.201. The zero-order valence-electron chi connectivity index (χ0n) is 33.1. The fraction of sp³-hybridized carbons (Fsp3) is 0.319. The number of pyridine rings is 1. The number of benzene rings is 4. The van der Waals surface area contributed by atoms with E-state index in [0.717, 1.165) is 50.3 Å². The molecule has 53 heavy (non-hydrogen) atoms. The van der Waals surface area contributed by atoms with Gasteiger partial charge in [0.15, 0.2) is 0 Å². The van der Waals surface area contributed by atoms with Gasteiger partial charge in [0.2, 0.25) is 0 Å². The van der Waals surface area contributed by atoms with Gasteiger partial charge in [0.05, 0.1) is 11.4 Å². The van der Waals surface area contributed by atoms with Crippen LogP contribution in [0.5, 0.6) is 11.5 Å². The van der Waals surface area contributed by atoms with Gasteiger partial charge in [-0.3, -0.25) is 4.68 Å². The number of ether oxygens (including phenoxy) is 1. The van der Waals surface area contributed by atoms with Gasteiger partial charge in [-0.1, -0.05) is 96.8 Å². The molecular weight excluding hydrogens is 743 g/mol. The van der Waals surface area contributed by atoms with Crippen molar-refractivity contribution in [3.05, 3.63) is 130 Å². The Labute approximate surface area is 329 Å². The van der Waals surface area contributed by atoms with E-state index in [4.69, 9.17) is 14.8 Å². The van der Waals surface area contributed by atoms with Crippen LogP contribution in [-0.4, -0.2) is 19.3 Å². The molecule has 7 aromatic rings. The number of aromatic nitrogens is 4. The summed E-state index contributed by atoms with van der Waals surface area (Å²) >= 11 is 0. The molecule has 0 saturated heterocycles. The summed E-state index contributed by atoms with van der Waals surface area (Å²) in [5.74, 6) is 2.37. The number of rotatable bonds is 6. The van der Waals surface area contributed by atoms with E-state index in [-0.39, 0.29) is 37.2 Å². The molecule has 3 aromatic heterocycles. The van der Waals surface area contributed by atoms with Crippen LogP contribution in [0.3, 0.4) is 0 Å². The molecule has 0 spiro atoms. The summed E-state index contributed by atoms with van der Waals surface area (Å²) in [6, 6.07) is 33.0. The van der Waals surface area contributed by atoms with Gasteiger partial charge in [-0.05, 0) is 90.6 Å². The SMILES string of the molecule is Cc1cc(C)c(-c2c(C)nn(-c3[c-]c(Oc4[c-]c5c(cc4)c4ccccc4n5-c4cc(C(C)(C)C)ccn4)cc(C(C)C)c3)c2C(C)(C)C)c(C)c1.[Pd+2]. The number of fused-ring (bicyclic) bond motifs is 3. The van der Waals surface area contributed by atoms with Crippen LogP contribution >= 0.6 is 0 Å².